The predicted molar refractivity (Wildman–Crippen MR) is 132 cm³/mol. The van der Waals surface area contributed by atoms with E-state index in [1.165, 1.54) is 0 Å². The van der Waals surface area contributed by atoms with Gasteiger partial charge in [0.05, 0.1) is 5.71 Å². The molecule has 0 aromatic heterocycles. The van der Waals surface area contributed by atoms with Crippen molar-refractivity contribution >= 4 is 45.8 Å². The fourth-order valence-corrected chi connectivity index (χ4v) is 4.89. The first-order valence-electron chi connectivity index (χ1n) is 10.7. The normalized spacial score (nSPS) is 17.5. The molecule has 1 spiro atoms. The van der Waals surface area contributed by atoms with Crippen LogP contribution in [0.2, 0.25) is 5.02 Å². The first kappa shape index (κ1) is 21.9. The van der Waals surface area contributed by atoms with Gasteiger partial charge in [0.15, 0.2) is 5.66 Å². The number of aryl methyl sites for hydroxylation is 1. The Morgan fingerprint density at radius 1 is 1.16 bits per heavy atom. The van der Waals surface area contributed by atoms with Crippen molar-refractivity contribution < 1.29 is 4.79 Å². The largest absolute Gasteiger partial charge is 0.324 e. The Balaban J connectivity index is 1.47. The third kappa shape index (κ3) is 5.13. The molecule has 7 heteroatoms. The molecule has 2 aromatic rings. The van der Waals surface area contributed by atoms with E-state index in [2.05, 4.69) is 12.2 Å². The van der Waals surface area contributed by atoms with Crippen molar-refractivity contribution in [2.24, 2.45) is 9.98 Å². The monoisotopic (exact) mass is 454 g/mol. The van der Waals surface area contributed by atoms with Crippen molar-refractivity contribution in [1.82, 2.24) is 4.90 Å². The lowest BCUT2D eigenvalue weighted by Crippen LogP contribution is -2.46. The Morgan fingerprint density at radius 2 is 1.90 bits per heavy atom. The van der Waals surface area contributed by atoms with Crippen LogP contribution in [0.15, 0.2) is 58.5 Å². The molecule has 4 rings (SSSR count). The number of thioether (sulfide) groups is 1. The van der Waals surface area contributed by atoms with Crippen LogP contribution >= 0.6 is 23.4 Å². The standard InChI is InChI=1S/C24H27ClN4OS/c1-3-15-31-22-21(18-7-9-19(25)10-8-18)27-24(28-22)11-13-29(14-12-24)23(30)26-20-6-4-5-17(2)16-20/h4-10,16H,3,11-15H2,1-2H3,(H,26,30). The van der Waals surface area contributed by atoms with Crippen molar-refractivity contribution in [2.45, 2.75) is 38.8 Å². The molecule has 0 saturated carbocycles. The lowest BCUT2D eigenvalue weighted by atomic mass is 9.98. The van der Waals surface area contributed by atoms with E-state index in [9.17, 15) is 4.79 Å². The smallest absolute Gasteiger partial charge is 0.321 e. The summed E-state index contributed by atoms with van der Waals surface area (Å²) >= 11 is 7.84. The molecule has 0 radical (unpaired) electrons. The maximum atomic E-state index is 12.7. The first-order chi connectivity index (χ1) is 15.0. The van der Waals surface area contributed by atoms with Crippen LogP contribution < -0.4 is 5.32 Å². The summed E-state index contributed by atoms with van der Waals surface area (Å²) in [6, 6.07) is 15.6. The number of piperidine rings is 1. The third-order valence-electron chi connectivity index (χ3n) is 5.51. The lowest BCUT2D eigenvalue weighted by Gasteiger charge is -2.35. The molecule has 1 fully saturated rings. The predicted octanol–water partition coefficient (Wildman–Crippen LogP) is 6.02. The van der Waals surface area contributed by atoms with E-state index in [0.29, 0.717) is 18.1 Å². The number of rotatable bonds is 4. The van der Waals surface area contributed by atoms with Gasteiger partial charge in [0.25, 0.3) is 0 Å². The van der Waals surface area contributed by atoms with Crippen LogP contribution in [-0.4, -0.2) is 46.2 Å². The van der Waals surface area contributed by atoms with Gasteiger partial charge in [-0.1, -0.05) is 42.8 Å². The molecular formula is C24H27ClN4OS. The summed E-state index contributed by atoms with van der Waals surface area (Å²) in [4.78, 5) is 24.8. The zero-order valence-electron chi connectivity index (χ0n) is 17.9. The van der Waals surface area contributed by atoms with Crippen molar-refractivity contribution in [2.75, 3.05) is 24.2 Å². The molecule has 5 nitrogen and oxygen atoms in total. The van der Waals surface area contributed by atoms with Gasteiger partial charge in [0.2, 0.25) is 0 Å². The Kier molecular flexibility index (Phi) is 6.68. The van der Waals surface area contributed by atoms with Gasteiger partial charge in [0, 0.05) is 42.2 Å². The van der Waals surface area contributed by atoms with Crippen LogP contribution in [0, 0.1) is 6.92 Å². The molecule has 1 N–H and O–H groups in total. The first-order valence-corrected chi connectivity index (χ1v) is 12.1. The maximum absolute atomic E-state index is 12.7. The summed E-state index contributed by atoms with van der Waals surface area (Å²) in [6.45, 7) is 5.44. The number of amides is 2. The van der Waals surface area contributed by atoms with Gasteiger partial charge >= 0.3 is 6.03 Å². The molecule has 0 bridgehead atoms. The van der Waals surface area contributed by atoms with Crippen LogP contribution in [0.1, 0.15) is 37.3 Å². The molecule has 0 atom stereocenters. The highest BCUT2D eigenvalue weighted by molar-refractivity contribution is 8.15. The number of anilines is 1. The van der Waals surface area contributed by atoms with Gasteiger partial charge < -0.3 is 10.2 Å². The Morgan fingerprint density at radius 3 is 2.58 bits per heavy atom. The second-order valence-corrected chi connectivity index (χ2v) is 9.52. The summed E-state index contributed by atoms with van der Waals surface area (Å²) in [6.07, 6.45) is 2.53. The number of hydrogen-bond acceptors (Lipinski definition) is 4. The molecule has 2 aliphatic heterocycles. The Hall–Kier alpha value is -2.31. The fraction of sp³-hybridized carbons (Fsp3) is 0.375. The van der Waals surface area contributed by atoms with Gasteiger partial charge in [-0.25, -0.2) is 9.79 Å². The number of nitrogens with one attached hydrogen (secondary N) is 1. The van der Waals surface area contributed by atoms with Crippen molar-refractivity contribution in [3.05, 3.63) is 64.7 Å². The fourth-order valence-electron chi connectivity index (χ4n) is 3.83. The number of halogens is 1. The molecule has 2 amide bonds. The average Bonchev–Trinajstić information content (AvgIpc) is 3.11. The minimum atomic E-state index is -0.467. The summed E-state index contributed by atoms with van der Waals surface area (Å²) in [7, 11) is 0. The number of urea groups is 1. The zero-order valence-corrected chi connectivity index (χ0v) is 19.5. The van der Waals surface area contributed by atoms with E-state index in [0.717, 1.165) is 52.6 Å². The van der Waals surface area contributed by atoms with E-state index >= 15 is 0 Å². The van der Waals surface area contributed by atoms with E-state index in [1.54, 1.807) is 11.8 Å². The lowest BCUT2D eigenvalue weighted by molar-refractivity contribution is 0.175. The minimum Gasteiger partial charge on any atom is -0.324 e. The highest BCUT2D eigenvalue weighted by Gasteiger charge is 2.40. The number of carbonyl (C=O) groups is 1. The molecular weight excluding hydrogens is 428 g/mol. The maximum Gasteiger partial charge on any atom is 0.321 e. The number of hydrogen-bond donors (Lipinski definition) is 1. The average molecular weight is 455 g/mol. The second kappa shape index (κ2) is 9.45. The van der Waals surface area contributed by atoms with E-state index in [-0.39, 0.29) is 6.03 Å². The van der Waals surface area contributed by atoms with Crippen LogP contribution in [-0.2, 0) is 0 Å². The highest BCUT2D eigenvalue weighted by atomic mass is 35.5. The number of aliphatic imine (C=N–C) groups is 2. The topological polar surface area (TPSA) is 57.1 Å². The summed E-state index contributed by atoms with van der Waals surface area (Å²) in [5.74, 6) is 1.01. The number of nitrogens with zero attached hydrogens (tertiary/aromatic N) is 3. The second-order valence-electron chi connectivity index (χ2n) is 8.00. The van der Waals surface area contributed by atoms with Gasteiger partial charge in [-0.2, -0.15) is 0 Å². The molecule has 2 aromatic carbocycles. The summed E-state index contributed by atoms with van der Waals surface area (Å²) in [5.41, 5.74) is 3.48. The van der Waals surface area contributed by atoms with Crippen molar-refractivity contribution in [1.29, 1.82) is 0 Å². The molecule has 0 aliphatic carbocycles. The van der Waals surface area contributed by atoms with Gasteiger partial charge in [-0.15, -0.1) is 11.8 Å². The molecule has 162 valence electrons. The number of likely N-dealkylation sites (tertiary alicyclic amines) is 1. The zero-order chi connectivity index (χ0) is 21.8. The third-order valence-corrected chi connectivity index (χ3v) is 6.94. The van der Waals surface area contributed by atoms with E-state index in [4.69, 9.17) is 21.6 Å². The molecule has 1 saturated heterocycles. The van der Waals surface area contributed by atoms with E-state index in [1.807, 2.05) is 60.4 Å². The molecule has 0 unspecified atom stereocenters. The highest BCUT2D eigenvalue weighted by Crippen LogP contribution is 2.36. The van der Waals surface area contributed by atoms with Crippen LogP contribution in [0.25, 0.3) is 0 Å². The van der Waals surface area contributed by atoms with Gasteiger partial charge in [-0.05, 0) is 48.9 Å². The van der Waals surface area contributed by atoms with Crippen molar-refractivity contribution in [3.8, 4) is 0 Å². The number of carbonyl (C=O) groups excluding carboxylic acids is 1. The number of benzene rings is 2. The minimum absolute atomic E-state index is 0.0649. The van der Waals surface area contributed by atoms with Crippen LogP contribution in [0.4, 0.5) is 10.5 Å². The SMILES string of the molecule is CCCSC1=NC2(CCN(C(=O)Nc3cccc(C)c3)CC2)N=C1c1ccc(Cl)cc1. The van der Waals surface area contributed by atoms with Crippen molar-refractivity contribution in [3.63, 3.8) is 0 Å². The summed E-state index contributed by atoms with van der Waals surface area (Å²) in [5, 5.41) is 4.72. The molecule has 2 aliphatic rings. The Labute approximate surface area is 193 Å². The summed E-state index contributed by atoms with van der Waals surface area (Å²) < 4.78 is 0. The quantitative estimate of drug-likeness (QED) is 0.614. The van der Waals surface area contributed by atoms with Crippen LogP contribution in [0.5, 0.6) is 0 Å². The Bertz CT molecular complexity index is 1010. The van der Waals surface area contributed by atoms with Gasteiger partial charge in [-0.3, -0.25) is 4.99 Å². The molecule has 2 heterocycles. The van der Waals surface area contributed by atoms with Gasteiger partial charge in [0.1, 0.15) is 5.04 Å². The van der Waals surface area contributed by atoms with Crippen LogP contribution in [0.3, 0.4) is 0 Å². The van der Waals surface area contributed by atoms with E-state index < -0.39 is 5.66 Å². The molecule has 31 heavy (non-hydrogen) atoms.